The van der Waals surface area contributed by atoms with E-state index in [0.29, 0.717) is 5.56 Å². The number of aromatic nitrogens is 1. The van der Waals surface area contributed by atoms with E-state index < -0.39 is 0 Å². The molecule has 1 rings (SSSR count). The fraction of sp³-hybridized carbons (Fsp3) is 0.222. The molecule has 6 heteroatoms. The van der Waals surface area contributed by atoms with Crippen molar-refractivity contribution >= 4 is 23.1 Å². The monoisotopic (exact) mass is 225 g/mol. The number of thiocarbonyl (C=S) groups is 1. The van der Waals surface area contributed by atoms with Crippen LogP contribution in [0.5, 0.6) is 0 Å². The molecule has 0 saturated carbocycles. The Kier molecular flexibility index (Phi) is 3.56. The quantitative estimate of drug-likeness (QED) is 0.694. The lowest BCUT2D eigenvalue weighted by Gasteiger charge is -2.15. The molecule has 1 aromatic rings. The van der Waals surface area contributed by atoms with E-state index in [1.54, 1.807) is 7.05 Å². The summed E-state index contributed by atoms with van der Waals surface area (Å²) in [4.78, 5) is 26.5. The van der Waals surface area contributed by atoms with Crippen molar-refractivity contribution < 1.29 is 4.79 Å². The molecule has 15 heavy (non-hydrogen) atoms. The third-order valence-corrected chi connectivity index (χ3v) is 1.90. The fourth-order valence-electron chi connectivity index (χ4n) is 1.07. The van der Waals surface area contributed by atoms with Crippen LogP contribution in [0.15, 0.2) is 23.1 Å². The topological polar surface area (TPSA) is 79.2 Å². The molecular formula is C9H11N3O2S. The van der Waals surface area contributed by atoms with Gasteiger partial charge in [0.15, 0.2) is 0 Å². The molecular weight excluding hydrogens is 214 g/mol. The molecule has 0 fully saturated rings. The molecule has 1 aromatic heterocycles. The molecule has 5 nitrogen and oxygen atoms in total. The van der Waals surface area contributed by atoms with Gasteiger partial charge in [-0.25, -0.2) is 0 Å². The van der Waals surface area contributed by atoms with Crippen LogP contribution >= 0.6 is 12.2 Å². The van der Waals surface area contributed by atoms with Crippen LogP contribution in [0.3, 0.4) is 0 Å². The van der Waals surface area contributed by atoms with E-state index in [1.807, 2.05) is 0 Å². The first-order valence-corrected chi connectivity index (χ1v) is 4.64. The second-order valence-corrected chi connectivity index (χ2v) is 3.59. The lowest BCUT2D eigenvalue weighted by Crippen LogP contribution is -2.34. The van der Waals surface area contributed by atoms with E-state index in [4.69, 9.17) is 5.73 Å². The number of nitrogens with one attached hydrogen (secondary N) is 1. The van der Waals surface area contributed by atoms with Gasteiger partial charge in [0.25, 0.3) is 5.91 Å². The van der Waals surface area contributed by atoms with E-state index in [1.165, 1.54) is 23.2 Å². The number of likely N-dealkylation sites (N-methyl/N-ethyl adjacent to an activating group) is 1. The van der Waals surface area contributed by atoms with Crippen LogP contribution in [0.4, 0.5) is 0 Å². The molecule has 0 unspecified atom stereocenters. The van der Waals surface area contributed by atoms with Gasteiger partial charge in [0.2, 0.25) is 5.56 Å². The first-order chi connectivity index (χ1) is 7.00. The highest BCUT2D eigenvalue weighted by atomic mass is 32.1. The molecule has 80 valence electrons. The molecule has 1 heterocycles. The third-order valence-electron chi connectivity index (χ3n) is 1.77. The van der Waals surface area contributed by atoms with Crippen LogP contribution in [-0.4, -0.2) is 34.4 Å². The summed E-state index contributed by atoms with van der Waals surface area (Å²) in [6.07, 6.45) is 1.36. The maximum atomic E-state index is 11.7. The second kappa shape index (κ2) is 4.70. The highest BCUT2D eigenvalue weighted by Crippen LogP contribution is 1.99. The first-order valence-electron chi connectivity index (χ1n) is 4.23. The van der Waals surface area contributed by atoms with Crippen molar-refractivity contribution in [3.63, 3.8) is 0 Å². The summed E-state index contributed by atoms with van der Waals surface area (Å²) in [6.45, 7) is 0.216. The zero-order chi connectivity index (χ0) is 11.4. The van der Waals surface area contributed by atoms with Gasteiger partial charge in [0, 0.05) is 19.3 Å². The highest BCUT2D eigenvalue weighted by Gasteiger charge is 2.11. The maximum Gasteiger partial charge on any atom is 0.255 e. The number of hydrogen-bond acceptors (Lipinski definition) is 3. The Morgan fingerprint density at radius 3 is 2.73 bits per heavy atom. The Bertz CT molecular complexity index is 421. The Hall–Kier alpha value is -1.69. The van der Waals surface area contributed by atoms with Crippen molar-refractivity contribution in [1.82, 2.24) is 9.88 Å². The second-order valence-electron chi connectivity index (χ2n) is 3.07. The number of rotatable bonds is 3. The van der Waals surface area contributed by atoms with Gasteiger partial charge in [-0.2, -0.15) is 0 Å². The third kappa shape index (κ3) is 3.17. The van der Waals surface area contributed by atoms with Crippen molar-refractivity contribution in [3.05, 3.63) is 34.2 Å². The molecule has 0 atom stereocenters. The normalized spacial score (nSPS) is 9.67. The zero-order valence-electron chi connectivity index (χ0n) is 8.19. The van der Waals surface area contributed by atoms with Crippen LogP contribution < -0.4 is 11.3 Å². The van der Waals surface area contributed by atoms with Gasteiger partial charge < -0.3 is 15.6 Å². The standard InChI is InChI=1S/C9H11N3O2S/c1-12(5-7(10)15)9(14)6-2-3-8(13)11-4-6/h2-4H,5H2,1H3,(H2,10,15)(H,11,13). The van der Waals surface area contributed by atoms with Gasteiger partial charge in [0.05, 0.1) is 17.1 Å². The molecule has 0 bridgehead atoms. The van der Waals surface area contributed by atoms with Crippen molar-refractivity contribution in [2.75, 3.05) is 13.6 Å². The molecule has 3 N–H and O–H groups in total. The summed E-state index contributed by atoms with van der Waals surface area (Å²) in [5.74, 6) is -0.237. The number of pyridine rings is 1. The van der Waals surface area contributed by atoms with E-state index >= 15 is 0 Å². The summed E-state index contributed by atoms with van der Waals surface area (Å²) in [7, 11) is 1.59. The number of aromatic amines is 1. The predicted octanol–water partition coefficient (Wildman–Crippen LogP) is -0.267. The highest BCUT2D eigenvalue weighted by molar-refractivity contribution is 7.80. The van der Waals surface area contributed by atoms with Gasteiger partial charge in [-0.05, 0) is 6.07 Å². The maximum absolute atomic E-state index is 11.7. The first kappa shape index (κ1) is 11.4. The number of carbonyl (C=O) groups is 1. The Labute approximate surface area is 91.9 Å². The molecule has 0 aliphatic heterocycles. The van der Waals surface area contributed by atoms with Crippen molar-refractivity contribution in [1.29, 1.82) is 0 Å². The minimum atomic E-state index is -0.247. The molecule has 0 spiro atoms. The Balaban J connectivity index is 2.80. The smallest absolute Gasteiger partial charge is 0.255 e. The van der Waals surface area contributed by atoms with Crippen molar-refractivity contribution in [2.45, 2.75) is 0 Å². The van der Waals surface area contributed by atoms with Gasteiger partial charge in [-0.1, -0.05) is 12.2 Å². The largest absolute Gasteiger partial charge is 0.392 e. The van der Waals surface area contributed by atoms with E-state index in [9.17, 15) is 9.59 Å². The van der Waals surface area contributed by atoms with Gasteiger partial charge in [-0.15, -0.1) is 0 Å². The van der Waals surface area contributed by atoms with Crippen LogP contribution in [0.2, 0.25) is 0 Å². The minimum absolute atomic E-state index is 0.216. The molecule has 0 aliphatic rings. The summed E-state index contributed by atoms with van der Waals surface area (Å²) in [5.41, 5.74) is 5.46. The Morgan fingerprint density at radius 1 is 1.60 bits per heavy atom. The number of nitrogens with two attached hydrogens (primary N) is 1. The fourth-order valence-corrected chi connectivity index (χ4v) is 1.26. The summed E-state index contributed by atoms with van der Waals surface area (Å²) < 4.78 is 0. The number of nitrogens with zero attached hydrogens (tertiary/aromatic N) is 1. The number of carbonyl (C=O) groups excluding carboxylic acids is 1. The predicted molar refractivity (Wildman–Crippen MR) is 60.8 cm³/mol. The molecule has 0 aliphatic carbocycles. The number of H-pyrrole nitrogens is 1. The summed E-state index contributed by atoms with van der Waals surface area (Å²) in [5, 5.41) is 0. The van der Waals surface area contributed by atoms with E-state index in [2.05, 4.69) is 17.2 Å². The number of amides is 1. The van der Waals surface area contributed by atoms with E-state index in [-0.39, 0.29) is 23.0 Å². The van der Waals surface area contributed by atoms with E-state index in [0.717, 1.165) is 0 Å². The van der Waals surface area contributed by atoms with Crippen LogP contribution in [0.25, 0.3) is 0 Å². The lowest BCUT2D eigenvalue weighted by molar-refractivity contribution is 0.0814. The zero-order valence-corrected chi connectivity index (χ0v) is 9.00. The van der Waals surface area contributed by atoms with Crippen LogP contribution in [0.1, 0.15) is 10.4 Å². The molecule has 0 radical (unpaired) electrons. The van der Waals surface area contributed by atoms with Crippen molar-refractivity contribution in [3.8, 4) is 0 Å². The number of hydrogen-bond donors (Lipinski definition) is 2. The van der Waals surface area contributed by atoms with Gasteiger partial charge >= 0.3 is 0 Å². The molecule has 0 aromatic carbocycles. The Morgan fingerprint density at radius 2 is 2.27 bits per heavy atom. The minimum Gasteiger partial charge on any atom is -0.392 e. The molecule has 1 amide bonds. The summed E-state index contributed by atoms with van der Waals surface area (Å²) in [6, 6.07) is 2.75. The average Bonchev–Trinajstić information content (AvgIpc) is 2.17. The average molecular weight is 225 g/mol. The van der Waals surface area contributed by atoms with Crippen LogP contribution in [0, 0.1) is 0 Å². The summed E-state index contributed by atoms with van der Waals surface area (Å²) >= 11 is 4.69. The van der Waals surface area contributed by atoms with Gasteiger partial charge in [-0.3, -0.25) is 9.59 Å². The van der Waals surface area contributed by atoms with Crippen LogP contribution in [-0.2, 0) is 0 Å². The molecule has 0 saturated heterocycles. The SMILES string of the molecule is CN(CC(N)=S)C(=O)c1ccc(=O)[nH]c1. The van der Waals surface area contributed by atoms with Gasteiger partial charge in [0.1, 0.15) is 0 Å². The lowest BCUT2D eigenvalue weighted by atomic mass is 10.2. The van der Waals surface area contributed by atoms with Crippen molar-refractivity contribution in [2.24, 2.45) is 5.73 Å².